The number of aryl methyl sites for hydroxylation is 1. The summed E-state index contributed by atoms with van der Waals surface area (Å²) in [6.45, 7) is 2.93. The molecule has 4 rings (SSSR count). The molecule has 3 aromatic rings. The van der Waals surface area contributed by atoms with E-state index in [0.717, 1.165) is 37.0 Å². The van der Waals surface area contributed by atoms with Crippen LogP contribution in [0, 0.1) is 11.3 Å². The number of methoxy groups -OCH3 is 1. The molecule has 0 saturated carbocycles. The van der Waals surface area contributed by atoms with Gasteiger partial charge in [-0.3, -0.25) is 4.79 Å². The zero-order chi connectivity index (χ0) is 23.2. The largest absolute Gasteiger partial charge is 0.497 e. The number of carbonyl (C=O) groups is 1. The van der Waals surface area contributed by atoms with Crippen LogP contribution < -0.4 is 14.8 Å². The van der Waals surface area contributed by atoms with Crippen LogP contribution in [0.15, 0.2) is 29.4 Å². The van der Waals surface area contributed by atoms with E-state index < -0.39 is 0 Å². The van der Waals surface area contributed by atoms with Gasteiger partial charge in [0.25, 0.3) is 0 Å². The highest BCUT2D eigenvalue weighted by atomic mass is 32.2. The average Bonchev–Trinajstić information content (AvgIpc) is 3.41. The Kier molecular flexibility index (Phi) is 7.52. The number of amides is 1. The summed E-state index contributed by atoms with van der Waals surface area (Å²) in [4.78, 5) is 13.8. The summed E-state index contributed by atoms with van der Waals surface area (Å²) in [6, 6.07) is 9.62. The summed E-state index contributed by atoms with van der Waals surface area (Å²) in [5.74, 6) is 2.19. The molecule has 2 aromatic heterocycles. The Morgan fingerprint density at radius 2 is 2.00 bits per heavy atom. The molecule has 0 atom stereocenters. The maximum absolute atomic E-state index is 12.6. The molecule has 172 valence electrons. The first-order valence-electron chi connectivity index (χ1n) is 10.8. The van der Waals surface area contributed by atoms with E-state index in [1.165, 1.54) is 28.0 Å². The monoisotopic (exact) mass is 483 g/mol. The Morgan fingerprint density at radius 3 is 2.73 bits per heavy atom. The number of thiophene rings is 1. The van der Waals surface area contributed by atoms with E-state index in [1.807, 2.05) is 35.8 Å². The number of carbonyl (C=O) groups excluding carboxylic acids is 1. The minimum Gasteiger partial charge on any atom is -0.497 e. The lowest BCUT2D eigenvalue weighted by atomic mass is 9.96. The second kappa shape index (κ2) is 10.7. The van der Waals surface area contributed by atoms with Gasteiger partial charge in [0.05, 0.1) is 18.4 Å². The van der Waals surface area contributed by atoms with Gasteiger partial charge in [-0.2, -0.15) is 5.26 Å². The molecule has 0 radical (unpaired) electrons. The lowest BCUT2D eigenvalue weighted by molar-refractivity contribution is -0.113. The van der Waals surface area contributed by atoms with Gasteiger partial charge < -0.3 is 19.4 Å². The van der Waals surface area contributed by atoms with Gasteiger partial charge in [-0.25, -0.2) is 0 Å². The first kappa shape index (κ1) is 23.1. The number of nitrogens with one attached hydrogen (secondary N) is 1. The van der Waals surface area contributed by atoms with Crippen LogP contribution in [0.25, 0.3) is 0 Å². The molecule has 1 aliphatic carbocycles. The Hall–Kier alpha value is -3.03. The molecule has 2 heterocycles. The Bertz CT molecular complexity index is 1160. The van der Waals surface area contributed by atoms with E-state index in [4.69, 9.17) is 9.47 Å². The third-order valence-corrected chi connectivity index (χ3v) is 7.58. The predicted molar refractivity (Wildman–Crippen MR) is 128 cm³/mol. The number of hydrogen-bond donors (Lipinski definition) is 1. The third-order valence-electron chi connectivity index (χ3n) is 5.41. The topological polar surface area (TPSA) is 102 Å². The number of thioether (sulfide) groups is 1. The standard InChI is InChI=1S/C23H25N5O3S2/c1-3-28-20(13-31-16-10-8-15(30-2)9-11-16)26-27-23(28)32-14-21(29)25-22-18(12-24)17-6-4-5-7-19(17)33-22/h8-11H,3-7,13-14H2,1-2H3,(H,25,29). The number of nitrogens with zero attached hydrogens (tertiary/aromatic N) is 4. The molecule has 0 spiro atoms. The van der Waals surface area contributed by atoms with Crippen molar-refractivity contribution in [2.45, 2.75) is 50.9 Å². The van der Waals surface area contributed by atoms with Gasteiger partial charge in [0.2, 0.25) is 5.91 Å². The maximum Gasteiger partial charge on any atom is 0.235 e. The molecule has 0 fully saturated rings. The van der Waals surface area contributed by atoms with Crippen molar-refractivity contribution in [2.75, 3.05) is 18.2 Å². The first-order chi connectivity index (χ1) is 16.1. The fourth-order valence-electron chi connectivity index (χ4n) is 3.74. The van der Waals surface area contributed by atoms with Crippen molar-refractivity contribution in [1.82, 2.24) is 14.8 Å². The molecule has 1 aromatic carbocycles. The second-order valence-electron chi connectivity index (χ2n) is 7.47. The fourth-order valence-corrected chi connectivity index (χ4v) is 5.81. The van der Waals surface area contributed by atoms with E-state index in [9.17, 15) is 10.1 Å². The van der Waals surface area contributed by atoms with E-state index in [-0.39, 0.29) is 18.3 Å². The van der Waals surface area contributed by atoms with Crippen LogP contribution in [-0.4, -0.2) is 33.5 Å². The van der Waals surface area contributed by atoms with Crippen LogP contribution in [0.4, 0.5) is 5.00 Å². The number of rotatable bonds is 9. The first-order valence-corrected chi connectivity index (χ1v) is 12.6. The van der Waals surface area contributed by atoms with Crippen LogP contribution in [0.2, 0.25) is 0 Å². The number of nitriles is 1. The van der Waals surface area contributed by atoms with Crippen molar-refractivity contribution in [3.05, 3.63) is 46.1 Å². The van der Waals surface area contributed by atoms with Gasteiger partial charge >= 0.3 is 0 Å². The zero-order valence-corrected chi connectivity index (χ0v) is 20.2. The van der Waals surface area contributed by atoms with Gasteiger partial charge in [0.15, 0.2) is 11.0 Å². The number of benzene rings is 1. The maximum atomic E-state index is 12.6. The van der Waals surface area contributed by atoms with Crippen molar-refractivity contribution >= 4 is 34.0 Å². The molecule has 0 aliphatic heterocycles. The highest BCUT2D eigenvalue weighted by Gasteiger charge is 2.22. The molecule has 33 heavy (non-hydrogen) atoms. The lowest BCUT2D eigenvalue weighted by Gasteiger charge is -2.09. The van der Waals surface area contributed by atoms with Crippen molar-refractivity contribution in [3.63, 3.8) is 0 Å². The summed E-state index contributed by atoms with van der Waals surface area (Å²) in [5.41, 5.74) is 1.74. The van der Waals surface area contributed by atoms with Crippen LogP contribution in [0.5, 0.6) is 11.5 Å². The van der Waals surface area contributed by atoms with Gasteiger partial charge in [0.1, 0.15) is 29.2 Å². The molecule has 8 nitrogen and oxygen atoms in total. The number of fused-ring (bicyclic) bond motifs is 1. The Labute approximate surface area is 200 Å². The summed E-state index contributed by atoms with van der Waals surface area (Å²) in [5, 5.41) is 22.3. The van der Waals surface area contributed by atoms with Crippen LogP contribution in [0.1, 0.15) is 41.6 Å². The van der Waals surface area contributed by atoms with Gasteiger partial charge in [-0.05, 0) is 62.4 Å². The predicted octanol–water partition coefficient (Wildman–Crippen LogP) is 4.43. The molecule has 10 heteroatoms. The molecule has 1 aliphatic rings. The Balaban J connectivity index is 1.35. The number of aromatic nitrogens is 3. The third kappa shape index (κ3) is 5.31. The second-order valence-corrected chi connectivity index (χ2v) is 9.52. The van der Waals surface area contributed by atoms with E-state index in [2.05, 4.69) is 21.6 Å². The van der Waals surface area contributed by atoms with Crippen LogP contribution in [-0.2, 0) is 30.8 Å². The van der Waals surface area contributed by atoms with Crippen molar-refractivity contribution in [3.8, 4) is 17.6 Å². The quantitative estimate of drug-likeness (QED) is 0.449. The van der Waals surface area contributed by atoms with Gasteiger partial charge in [-0.1, -0.05) is 11.8 Å². The number of anilines is 1. The fraction of sp³-hybridized carbons (Fsp3) is 0.391. The number of hydrogen-bond acceptors (Lipinski definition) is 8. The summed E-state index contributed by atoms with van der Waals surface area (Å²) in [6.07, 6.45) is 4.14. The zero-order valence-electron chi connectivity index (χ0n) is 18.6. The highest BCUT2D eigenvalue weighted by Crippen LogP contribution is 2.37. The minimum absolute atomic E-state index is 0.156. The van der Waals surface area contributed by atoms with E-state index in [0.29, 0.717) is 33.8 Å². The highest BCUT2D eigenvalue weighted by molar-refractivity contribution is 7.99. The lowest BCUT2D eigenvalue weighted by Crippen LogP contribution is -2.15. The minimum atomic E-state index is -0.156. The molecule has 0 bridgehead atoms. The summed E-state index contributed by atoms with van der Waals surface area (Å²) >= 11 is 2.86. The van der Waals surface area contributed by atoms with Crippen molar-refractivity contribution in [2.24, 2.45) is 0 Å². The molecular weight excluding hydrogens is 458 g/mol. The van der Waals surface area contributed by atoms with E-state index >= 15 is 0 Å². The average molecular weight is 484 g/mol. The Morgan fingerprint density at radius 1 is 1.24 bits per heavy atom. The van der Waals surface area contributed by atoms with Crippen molar-refractivity contribution in [1.29, 1.82) is 5.26 Å². The normalized spacial score (nSPS) is 12.6. The smallest absolute Gasteiger partial charge is 0.235 e. The molecule has 0 saturated heterocycles. The van der Waals surface area contributed by atoms with Gasteiger partial charge in [0, 0.05) is 11.4 Å². The summed E-state index contributed by atoms with van der Waals surface area (Å²) in [7, 11) is 1.62. The van der Waals surface area contributed by atoms with E-state index in [1.54, 1.807) is 7.11 Å². The molecule has 0 unspecified atom stereocenters. The van der Waals surface area contributed by atoms with Gasteiger partial charge in [-0.15, -0.1) is 21.5 Å². The number of ether oxygens (including phenoxy) is 2. The SMILES string of the molecule is CCn1c(COc2ccc(OC)cc2)nnc1SCC(=O)Nc1sc2c(c1C#N)CCCC2. The summed E-state index contributed by atoms with van der Waals surface area (Å²) < 4.78 is 12.9. The molecule has 1 N–H and O–H groups in total. The van der Waals surface area contributed by atoms with Crippen LogP contribution >= 0.6 is 23.1 Å². The molecular formula is C23H25N5O3S2. The van der Waals surface area contributed by atoms with Crippen molar-refractivity contribution < 1.29 is 14.3 Å². The van der Waals surface area contributed by atoms with Crippen LogP contribution in [0.3, 0.4) is 0 Å². The molecule has 1 amide bonds.